The van der Waals surface area contributed by atoms with E-state index in [9.17, 15) is 0 Å². The van der Waals surface area contributed by atoms with Gasteiger partial charge in [-0.25, -0.2) is 9.59 Å². The Labute approximate surface area is 959 Å². The third-order valence-corrected chi connectivity index (χ3v) is 0. The third kappa shape index (κ3) is 16000. The van der Waals surface area contributed by atoms with E-state index in [0.717, 1.165) is 0 Å². The number of carbonyl (C=O) groups is 18. The first kappa shape index (κ1) is 226. The van der Waals surface area contributed by atoms with Crippen LogP contribution in [0.25, 0.3) is 0 Å². The van der Waals surface area contributed by atoms with Crippen molar-refractivity contribution in [2.75, 3.05) is 0 Å². The molecule has 432 valence electrons. The van der Waals surface area contributed by atoms with Crippen molar-refractivity contribution in [3.05, 3.63) is 0 Å². The fourth-order valence-electron chi connectivity index (χ4n) is 0. The van der Waals surface area contributed by atoms with Gasteiger partial charge in [0.15, 0.2) is 0 Å². The summed E-state index contributed by atoms with van der Waals surface area (Å²) in [4.78, 5) is 150. The van der Waals surface area contributed by atoms with Crippen LogP contribution in [0.15, 0.2) is 0 Å². The zero-order valence-electron chi connectivity index (χ0n) is 42.5. The second-order valence-electron chi connectivity index (χ2n) is 4.57. The predicted octanol–water partition coefficient (Wildman–Crippen LogP) is -44.8. The molecule has 0 heterocycles. The van der Waals surface area contributed by atoms with E-state index >= 15 is 0 Å². The van der Waals surface area contributed by atoms with Gasteiger partial charge < -0.3 is 261 Å². The average molecular weight is 1730 g/mol. The molecule has 54 nitrogen and oxygen atoms in total. The molecule has 0 saturated heterocycles. The summed E-state index contributed by atoms with van der Waals surface area (Å²) in [5.74, 6) is 0. The zero-order chi connectivity index (χ0) is 64.4. The zero-order valence-corrected chi connectivity index (χ0v) is 77.8. The van der Waals surface area contributed by atoms with Gasteiger partial charge in [0.1, 0.15) is 0 Å². The smallest absolute Gasteiger partial charge is 0.652 e. The fourth-order valence-corrected chi connectivity index (χ4v) is 0. The van der Waals surface area contributed by atoms with Crippen molar-refractivity contribution in [2.24, 2.45) is 0 Å². The van der Waals surface area contributed by atoms with Gasteiger partial charge in [-0.2, -0.15) is 0 Å². The van der Waals surface area contributed by atoms with Crippen LogP contribution in [-0.4, -0.2) is 735 Å². The van der Waals surface area contributed by atoms with Crippen molar-refractivity contribution >= 4 is 715 Å². The summed E-state index contributed by atoms with van der Waals surface area (Å²) < 4.78 is 0. The Morgan fingerprint density at radius 3 is 0.114 bits per heavy atom. The molecule has 0 aliphatic rings. The van der Waals surface area contributed by atoms with E-state index in [4.69, 9.17) is 270 Å². The van der Waals surface area contributed by atoms with E-state index in [1.807, 2.05) is 0 Å². The number of hydrogen-bond donors (Lipinski definition) is 4. The molecule has 0 aliphatic carbocycles. The second kappa shape index (κ2) is 218. The molecule has 0 aromatic carbocycles. The van der Waals surface area contributed by atoms with Crippen LogP contribution in [-0.2, 0) is 0 Å². The Balaban J connectivity index is -0.0000000108. The number of rotatable bonds is 0. The largest absolute Gasteiger partial charge is 2.00 e. The molecule has 0 rings (SSSR count). The summed E-state index contributed by atoms with van der Waals surface area (Å²) in [6, 6.07) is 0. The normalized spacial score (nSPS) is 4.91. The Hall–Kier alpha value is 7.02. The minimum atomic E-state index is -2.33. The summed E-state index contributed by atoms with van der Waals surface area (Å²) in [6.07, 6.45) is -41.0. The summed E-state index contributed by atoms with van der Waals surface area (Å²) in [6.45, 7) is 0. The minimum absolute atomic E-state index is 0. The Morgan fingerprint density at radius 1 is 0.114 bits per heavy atom. The number of carboxylic acid groups (broad SMARTS) is 36. The molecular weight excluding hydrogens is 1720 g/mol. The van der Waals surface area contributed by atoms with Gasteiger partial charge in [-0.1, -0.05) is 0 Å². The van der Waals surface area contributed by atoms with E-state index in [2.05, 4.69) is 0 Å². The van der Waals surface area contributed by atoms with E-state index in [1.165, 1.54) is 0 Å². The number of hydrogen-bond acceptors (Lipinski definition) is 50. The van der Waals surface area contributed by atoms with Crippen LogP contribution < -0.4 is 163 Å². The first-order valence-electron chi connectivity index (χ1n) is 11.1. The molecule has 88 heavy (non-hydrogen) atoms. The molecule has 0 fully saturated rings. The fraction of sp³-hybridized carbons (Fsp3) is 0. The first-order chi connectivity index (χ1) is 31.2. The van der Waals surface area contributed by atoms with Gasteiger partial charge in [-0.15, -0.1) is 0 Å². The molecule has 70 heteroatoms. The SMILES string of the molecule is O=C(O)O.O=C(O)O.O=C([O-])[O-].O=C([O-])[O-].O=C([O-])[O-].O=C([O-])[O-].O=C([O-])[O-].O=C([O-])[O-].O=C([O-])[O-].O=C([O-])[O-].O=C([O-])[O-].O=C([O-])[O-].O=C([O-])[O-].O=C([O-])[O-].O=C([O-])[O-].O=C([O-])[O-].O=C([O-])[O-].O=C([O-])[O-].[Ca+2].[Ca+2].[Ca+2].[Ca+2].[Ca+2].[Ca+2].[Ca+2].[Ca+2].[Ca+2].[Ca+2].[Ca+2].[Ca+2].[Ca+2].[Ca+2].[Ca+2].[Ca+2]. The minimum Gasteiger partial charge on any atom is -0.652 e. The number of carbonyl (C=O) groups excluding carboxylic acids is 16. The van der Waals surface area contributed by atoms with E-state index in [1.54, 1.807) is 0 Å². The molecule has 0 saturated carbocycles. The molecule has 0 radical (unpaired) electrons. The van der Waals surface area contributed by atoms with Crippen molar-refractivity contribution in [1.82, 2.24) is 0 Å². The van der Waals surface area contributed by atoms with E-state index in [0.29, 0.717) is 0 Å². The molecule has 0 unspecified atom stereocenters. The molecule has 0 atom stereocenters. The van der Waals surface area contributed by atoms with Gasteiger partial charge in [0, 0.05) is 0 Å². The molecule has 0 amide bonds. The Kier molecular flexibility index (Phi) is 560. The Bertz CT molecular complexity index is 983. The summed E-state index contributed by atoms with van der Waals surface area (Å²) in [7, 11) is 0. The summed E-state index contributed by atoms with van der Waals surface area (Å²) >= 11 is 0. The monoisotopic (exact) mass is 1720 g/mol. The standard InChI is InChI=1S/18CH2O3.16Ca/c18*2-1(3)4;;;;;;;;;;;;;;;;/h18*(H2,2,3,4);;;;;;;;;;;;;;;;/q;;;;;;;;;;;;;;;;;;16*+2/p-32. The van der Waals surface area contributed by atoms with E-state index < -0.39 is 111 Å². The van der Waals surface area contributed by atoms with Gasteiger partial charge in [0.05, 0.1) is 0 Å². The van der Waals surface area contributed by atoms with Crippen LogP contribution in [0.2, 0.25) is 0 Å². The second-order valence-corrected chi connectivity index (χ2v) is 4.57. The van der Waals surface area contributed by atoms with Crippen LogP contribution in [0.5, 0.6) is 0 Å². The van der Waals surface area contributed by atoms with Gasteiger partial charge in [-0.05, 0) is 98.5 Å². The van der Waals surface area contributed by atoms with Gasteiger partial charge in [0.25, 0.3) is 0 Å². The van der Waals surface area contributed by atoms with Crippen LogP contribution >= 0.6 is 0 Å². The molecule has 0 aromatic heterocycles. The van der Waals surface area contributed by atoms with Gasteiger partial charge in [-0.3, -0.25) is 0 Å². The van der Waals surface area contributed by atoms with Crippen molar-refractivity contribution in [2.45, 2.75) is 0 Å². The molecule has 0 spiro atoms. The quantitative estimate of drug-likeness (QED) is 0.164. The maximum atomic E-state index is 8.56. The third-order valence-electron chi connectivity index (χ3n) is 0. The molecule has 0 aromatic rings. The van der Waals surface area contributed by atoms with E-state index in [-0.39, 0.29) is 604 Å². The predicted molar refractivity (Wildman–Crippen MR) is 200 cm³/mol. The van der Waals surface area contributed by atoms with Crippen LogP contribution in [0.4, 0.5) is 86.3 Å². The molecule has 0 bridgehead atoms. The summed E-state index contributed by atoms with van der Waals surface area (Å²) in [5, 5.41) is 295. The van der Waals surface area contributed by atoms with Crippen molar-refractivity contribution in [3.8, 4) is 0 Å². The topological polar surface area (TPSA) is 1130 Å². The van der Waals surface area contributed by atoms with Crippen LogP contribution in [0.1, 0.15) is 0 Å². The summed E-state index contributed by atoms with van der Waals surface area (Å²) in [5.41, 5.74) is 0. The Morgan fingerprint density at radius 2 is 0.114 bits per heavy atom. The van der Waals surface area contributed by atoms with Crippen LogP contribution in [0.3, 0.4) is 0 Å². The van der Waals surface area contributed by atoms with Crippen molar-refractivity contribution in [1.29, 1.82) is 0 Å². The molecular formula is C18H4Ca16O54. The maximum absolute atomic E-state index is 8.56. The van der Waals surface area contributed by atoms with Crippen LogP contribution in [0, 0.1) is 0 Å². The first-order valence-corrected chi connectivity index (χ1v) is 11.1. The van der Waals surface area contributed by atoms with Crippen molar-refractivity contribution < 1.29 is 270 Å². The molecule has 0 aliphatic heterocycles. The molecule has 4 N–H and O–H groups in total. The van der Waals surface area contributed by atoms with Crippen molar-refractivity contribution in [3.63, 3.8) is 0 Å². The maximum Gasteiger partial charge on any atom is 2.00 e. The average Bonchev–Trinajstić information content (AvgIpc) is 2.91. The van der Waals surface area contributed by atoms with Gasteiger partial charge >= 0.3 is 616 Å². The van der Waals surface area contributed by atoms with Gasteiger partial charge in [0.2, 0.25) is 0 Å².